The van der Waals surface area contributed by atoms with Gasteiger partial charge in [-0.3, -0.25) is 9.59 Å². The number of aromatic nitrogens is 1. The maximum atomic E-state index is 12.5. The number of halogens is 1. The van der Waals surface area contributed by atoms with Gasteiger partial charge in [-0.1, -0.05) is 44.7 Å². The Hall–Kier alpha value is -1.42. The summed E-state index contributed by atoms with van der Waals surface area (Å²) in [6.07, 6.45) is 7.06. The molecular formula is C18H26ClNO3. The molecule has 0 saturated carbocycles. The van der Waals surface area contributed by atoms with Gasteiger partial charge in [-0.05, 0) is 37.8 Å². The van der Waals surface area contributed by atoms with Crippen LogP contribution in [0.3, 0.4) is 0 Å². The number of rotatable bonds is 11. The lowest BCUT2D eigenvalue weighted by Crippen LogP contribution is -2.16. The first-order chi connectivity index (χ1) is 11.0. The Bertz CT molecular complexity index is 519. The van der Waals surface area contributed by atoms with Gasteiger partial charge in [0.1, 0.15) is 5.15 Å². The summed E-state index contributed by atoms with van der Waals surface area (Å²) in [6, 6.07) is 3.43. The highest BCUT2D eigenvalue weighted by Gasteiger charge is 2.21. The van der Waals surface area contributed by atoms with Crippen molar-refractivity contribution in [3.63, 3.8) is 0 Å². The third kappa shape index (κ3) is 6.30. The predicted molar refractivity (Wildman–Crippen MR) is 91.9 cm³/mol. The summed E-state index contributed by atoms with van der Waals surface area (Å²) in [5, 5.41) is 9.41. The van der Waals surface area contributed by atoms with E-state index in [1.165, 1.54) is 0 Å². The highest BCUT2D eigenvalue weighted by molar-refractivity contribution is 6.32. The second-order valence-corrected chi connectivity index (χ2v) is 6.28. The van der Waals surface area contributed by atoms with E-state index in [4.69, 9.17) is 16.7 Å². The van der Waals surface area contributed by atoms with E-state index in [-0.39, 0.29) is 22.8 Å². The minimum Gasteiger partial charge on any atom is -0.481 e. The van der Waals surface area contributed by atoms with Crippen LogP contribution in [0, 0.1) is 11.8 Å². The van der Waals surface area contributed by atoms with Gasteiger partial charge in [0.15, 0.2) is 5.78 Å². The number of hydrogen-bond donors (Lipinski definition) is 1. The van der Waals surface area contributed by atoms with Crippen molar-refractivity contribution in [2.24, 2.45) is 11.8 Å². The quantitative estimate of drug-likeness (QED) is 0.350. The van der Waals surface area contributed by atoms with E-state index < -0.39 is 5.97 Å². The van der Waals surface area contributed by atoms with Gasteiger partial charge in [0.05, 0.1) is 11.5 Å². The van der Waals surface area contributed by atoms with Gasteiger partial charge in [-0.25, -0.2) is 4.98 Å². The summed E-state index contributed by atoms with van der Waals surface area (Å²) in [5.74, 6) is -1.01. The van der Waals surface area contributed by atoms with Gasteiger partial charge in [0.2, 0.25) is 0 Å². The zero-order chi connectivity index (χ0) is 17.2. The van der Waals surface area contributed by atoms with Crippen molar-refractivity contribution in [2.45, 2.75) is 58.8 Å². The number of carboxylic acid groups (broad SMARTS) is 1. The monoisotopic (exact) mass is 339 g/mol. The third-order valence-electron chi connectivity index (χ3n) is 4.23. The van der Waals surface area contributed by atoms with E-state index in [0.29, 0.717) is 12.0 Å². The second kappa shape index (κ2) is 10.4. The Morgan fingerprint density at radius 1 is 1.17 bits per heavy atom. The zero-order valence-corrected chi connectivity index (χ0v) is 14.7. The van der Waals surface area contributed by atoms with E-state index in [1.807, 2.05) is 13.8 Å². The van der Waals surface area contributed by atoms with Crippen LogP contribution in [0.15, 0.2) is 18.3 Å². The fraction of sp³-hybridized carbons (Fsp3) is 0.611. The van der Waals surface area contributed by atoms with Crippen molar-refractivity contribution >= 4 is 23.4 Å². The van der Waals surface area contributed by atoms with E-state index in [0.717, 1.165) is 38.5 Å². The molecule has 0 saturated heterocycles. The molecule has 0 aliphatic carbocycles. The number of unbranched alkanes of at least 4 members (excludes halogenated alkanes) is 1. The van der Waals surface area contributed by atoms with Crippen molar-refractivity contribution in [2.75, 3.05) is 0 Å². The molecular weight excluding hydrogens is 314 g/mol. The lowest BCUT2D eigenvalue weighted by Gasteiger charge is -2.15. The molecule has 1 heterocycles. The van der Waals surface area contributed by atoms with Crippen LogP contribution in [0.4, 0.5) is 0 Å². The molecule has 0 aromatic carbocycles. The highest BCUT2D eigenvalue weighted by Crippen LogP contribution is 2.24. The average molecular weight is 340 g/mol. The van der Waals surface area contributed by atoms with Crippen LogP contribution < -0.4 is 0 Å². The topological polar surface area (TPSA) is 67.3 Å². The largest absolute Gasteiger partial charge is 0.481 e. The molecule has 5 heteroatoms. The molecule has 128 valence electrons. The van der Waals surface area contributed by atoms with E-state index in [9.17, 15) is 9.59 Å². The maximum Gasteiger partial charge on any atom is 0.306 e. The van der Waals surface area contributed by atoms with E-state index in [2.05, 4.69) is 4.98 Å². The maximum absolute atomic E-state index is 12.5. The average Bonchev–Trinajstić information content (AvgIpc) is 2.53. The summed E-state index contributed by atoms with van der Waals surface area (Å²) in [6.45, 7) is 3.99. The minimum atomic E-state index is -0.711. The van der Waals surface area contributed by atoms with Gasteiger partial charge in [0, 0.05) is 12.1 Å². The molecule has 1 aromatic heterocycles. The van der Waals surface area contributed by atoms with Crippen LogP contribution in [0.1, 0.15) is 69.2 Å². The molecule has 0 fully saturated rings. The molecule has 0 spiro atoms. The first-order valence-electron chi connectivity index (χ1n) is 8.38. The Balaban J connectivity index is 2.49. The summed E-state index contributed by atoms with van der Waals surface area (Å²) in [4.78, 5) is 27.6. The van der Waals surface area contributed by atoms with Gasteiger partial charge < -0.3 is 5.11 Å². The van der Waals surface area contributed by atoms with Gasteiger partial charge in [-0.2, -0.15) is 0 Å². The molecule has 0 bridgehead atoms. The predicted octanol–water partition coefficient (Wildman–Crippen LogP) is 5.01. The van der Waals surface area contributed by atoms with Gasteiger partial charge >= 0.3 is 5.97 Å². The smallest absolute Gasteiger partial charge is 0.306 e. The number of carbonyl (C=O) groups is 2. The molecule has 0 aliphatic heterocycles. The molecule has 1 aromatic rings. The molecule has 2 unspecified atom stereocenters. The first-order valence-corrected chi connectivity index (χ1v) is 8.76. The zero-order valence-electron chi connectivity index (χ0n) is 13.9. The number of Topliss-reactive ketones (excluding diaryl/α,β-unsaturated/α-hetero) is 1. The van der Waals surface area contributed by atoms with Crippen LogP contribution >= 0.6 is 11.6 Å². The number of carbonyl (C=O) groups excluding carboxylic acids is 1. The van der Waals surface area contributed by atoms with E-state index in [1.54, 1.807) is 18.3 Å². The molecule has 1 rings (SSSR count). The number of aliphatic carboxylic acids is 1. The third-order valence-corrected chi connectivity index (χ3v) is 4.53. The summed E-state index contributed by atoms with van der Waals surface area (Å²) in [5.41, 5.74) is 0.482. The van der Waals surface area contributed by atoms with Crippen LogP contribution in [0.2, 0.25) is 5.15 Å². The number of pyridine rings is 1. The van der Waals surface area contributed by atoms with Crippen molar-refractivity contribution in [1.82, 2.24) is 4.98 Å². The highest BCUT2D eigenvalue weighted by atomic mass is 35.5. The van der Waals surface area contributed by atoms with Crippen LogP contribution in [-0.4, -0.2) is 21.8 Å². The first kappa shape index (κ1) is 19.6. The lowest BCUT2D eigenvalue weighted by molar-refractivity contribution is -0.142. The number of carboxylic acids is 1. The molecule has 0 aliphatic rings. The van der Waals surface area contributed by atoms with Crippen molar-refractivity contribution < 1.29 is 14.7 Å². The van der Waals surface area contributed by atoms with Crippen molar-refractivity contribution in [3.05, 3.63) is 29.0 Å². The van der Waals surface area contributed by atoms with Crippen LogP contribution in [0.5, 0.6) is 0 Å². The van der Waals surface area contributed by atoms with Gasteiger partial charge in [0.25, 0.3) is 0 Å². The number of nitrogens with zero attached hydrogens (tertiary/aromatic N) is 1. The SMILES string of the molecule is CCCC(CCCCC(CC)C(=O)c1cccnc1Cl)C(=O)O. The summed E-state index contributed by atoms with van der Waals surface area (Å²) in [7, 11) is 0. The minimum absolute atomic E-state index is 0.0361. The Kier molecular flexibility index (Phi) is 8.85. The van der Waals surface area contributed by atoms with Crippen molar-refractivity contribution in [3.8, 4) is 0 Å². The second-order valence-electron chi connectivity index (χ2n) is 5.92. The van der Waals surface area contributed by atoms with E-state index >= 15 is 0 Å². The Morgan fingerprint density at radius 3 is 2.35 bits per heavy atom. The standard InChI is InChI=1S/C18H26ClNO3/c1-3-8-14(18(22)23)10-6-5-9-13(4-2)16(21)15-11-7-12-20-17(15)19/h7,11-14H,3-6,8-10H2,1-2H3,(H,22,23). The molecule has 0 radical (unpaired) electrons. The Labute approximate surface area is 143 Å². The van der Waals surface area contributed by atoms with Crippen LogP contribution in [0.25, 0.3) is 0 Å². The van der Waals surface area contributed by atoms with Crippen LogP contribution in [-0.2, 0) is 4.79 Å². The molecule has 4 nitrogen and oxygen atoms in total. The normalized spacial score (nSPS) is 13.5. The summed E-state index contributed by atoms with van der Waals surface area (Å²) < 4.78 is 0. The Morgan fingerprint density at radius 2 is 1.83 bits per heavy atom. The lowest BCUT2D eigenvalue weighted by atomic mass is 9.89. The molecule has 2 atom stereocenters. The van der Waals surface area contributed by atoms with Crippen molar-refractivity contribution in [1.29, 1.82) is 0 Å². The molecule has 0 amide bonds. The molecule has 23 heavy (non-hydrogen) atoms. The number of hydrogen-bond acceptors (Lipinski definition) is 3. The fourth-order valence-electron chi connectivity index (χ4n) is 2.83. The fourth-order valence-corrected chi connectivity index (χ4v) is 3.04. The summed E-state index contributed by atoms with van der Waals surface area (Å²) >= 11 is 6.00. The number of ketones is 1. The van der Waals surface area contributed by atoms with Gasteiger partial charge in [-0.15, -0.1) is 0 Å². The molecule has 1 N–H and O–H groups in total.